The minimum absolute atomic E-state index is 0. The van der Waals surface area contributed by atoms with Gasteiger partial charge in [0.15, 0.2) is 0 Å². The second kappa shape index (κ2) is 9.09. The van der Waals surface area contributed by atoms with Gasteiger partial charge in [-0.15, -0.1) is 12.4 Å². The van der Waals surface area contributed by atoms with Crippen molar-refractivity contribution >= 4 is 29.9 Å². The van der Waals surface area contributed by atoms with E-state index in [1.807, 2.05) is 53.4 Å². The van der Waals surface area contributed by atoms with E-state index in [1.54, 1.807) is 7.11 Å². The smallest absolute Gasteiger partial charge is 0.227 e. The molecular weight excluding hydrogens is 359 g/mol. The summed E-state index contributed by atoms with van der Waals surface area (Å²) in [6.07, 6.45) is 0.390. The van der Waals surface area contributed by atoms with E-state index in [0.29, 0.717) is 18.0 Å². The van der Waals surface area contributed by atoms with Crippen molar-refractivity contribution in [1.82, 2.24) is 10.2 Å². The Morgan fingerprint density at radius 1 is 1.28 bits per heavy atom. The highest BCUT2D eigenvalue weighted by Gasteiger charge is 2.27. The van der Waals surface area contributed by atoms with Gasteiger partial charge in [-0.05, 0) is 35.4 Å². The monoisotopic (exact) mass is 380 g/mol. The molecule has 1 unspecified atom stereocenters. The van der Waals surface area contributed by atoms with Crippen molar-refractivity contribution < 1.29 is 9.53 Å². The van der Waals surface area contributed by atoms with Gasteiger partial charge in [0, 0.05) is 24.7 Å². The third-order valence-corrected chi connectivity index (χ3v) is 4.55. The van der Waals surface area contributed by atoms with Gasteiger partial charge >= 0.3 is 0 Å². The van der Waals surface area contributed by atoms with Gasteiger partial charge in [0.25, 0.3) is 0 Å². The molecule has 25 heavy (non-hydrogen) atoms. The number of halogens is 2. The summed E-state index contributed by atoms with van der Waals surface area (Å²) in [6.45, 7) is 2.26. The van der Waals surface area contributed by atoms with Crippen molar-refractivity contribution in [2.45, 2.75) is 12.5 Å². The van der Waals surface area contributed by atoms with Crippen LogP contribution in [0.25, 0.3) is 0 Å². The summed E-state index contributed by atoms with van der Waals surface area (Å²) >= 11 is 6.11. The van der Waals surface area contributed by atoms with Crippen molar-refractivity contribution in [2.24, 2.45) is 0 Å². The average molecular weight is 381 g/mol. The Hall–Kier alpha value is -1.75. The molecular formula is C19H22Cl2N2O2. The lowest BCUT2D eigenvalue weighted by Crippen LogP contribution is -2.49. The Morgan fingerprint density at radius 2 is 2.04 bits per heavy atom. The number of carbonyl (C=O) groups is 1. The standard InChI is InChI=1S/C19H21ClN2O2.ClH/c1-24-17-7-5-14(6-8-17)11-19(23)22-10-9-21-13-18(22)15-3-2-4-16(20)12-15;/h2-8,12,18,21H,9-11,13H2,1H3;1H. The highest BCUT2D eigenvalue weighted by molar-refractivity contribution is 6.30. The first-order valence-electron chi connectivity index (χ1n) is 8.06. The third-order valence-electron chi connectivity index (χ3n) is 4.31. The first kappa shape index (κ1) is 19.6. The second-order valence-corrected chi connectivity index (χ2v) is 6.32. The van der Waals surface area contributed by atoms with Crippen LogP contribution in [-0.4, -0.2) is 37.6 Å². The molecule has 0 saturated carbocycles. The number of nitrogens with zero attached hydrogens (tertiary/aromatic N) is 1. The number of methoxy groups -OCH3 is 1. The van der Waals surface area contributed by atoms with Crippen LogP contribution in [0.15, 0.2) is 48.5 Å². The summed E-state index contributed by atoms with van der Waals surface area (Å²) in [4.78, 5) is 14.8. The summed E-state index contributed by atoms with van der Waals surface area (Å²) in [5.74, 6) is 0.928. The fourth-order valence-corrected chi connectivity index (χ4v) is 3.23. The molecule has 134 valence electrons. The Kier molecular flexibility index (Phi) is 7.12. The molecule has 3 rings (SSSR count). The van der Waals surface area contributed by atoms with Crippen LogP contribution >= 0.6 is 24.0 Å². The van der Waals surface area contributed by atoms with Gasteiger partial charge in [-0.2, -0.15) is 0 Å². The van der Waals surface area contributed by atoms with E-state index in [1.165, 1.54) is 0 Å². The molecule has 2 aromatic rings. The zero-order chi connectivity index (χ0) is 16.9. The van der Waals surface area contributed by atoms with Crippen LogP contribution in [-0.2, 0) is 11.2 Å². The third kappa shape index (κ3) is 4.88. The summed E-state index contributed by atoms with van der Waals surface area (Å²) in [5, 5.41) is 4.06. The molecule has 1 heterocycles. The zero-order valence-electron chi connectivity index (χ0n) is 14.1. The van der Waals surface area contributed by atoms with Crippen molar-refractivity contribution in [2.75, 3.05) is 26.7 Å². The van der Waals surface area contributed by atoms with E-state index in [2.05, 4.69) is 5.32 Å². The molecule has 1 amide bonds. The summed E-state index contributed by atoms with van der Waals surface area (Å²) < 4.78 is 5.16. The molecule has 1 fully saturated rings. The van der Waals surface area contributed by atoms with Crippen LogP contribution in [0.2, 0.25) is 5.02 Å². The number of nitrogens with one attached hydrogen (secondary N) is 1. The normalized spacial score (nSPS) is 16.9. The highest BCUT2D eigenvalue weighted by atomic mass is 35.5. The molecule has 0 radical (unpaired) electrons. The van der Waals surface area contributed by atoms with Gasteiger partial charge in [0.1, 0.15) is 5.75 Å². The molecule has 0 aromatic heterocycles. The maximum atomic E-state index is 12.8. The van der Waals surface area contributed by atoms with Gasteiger partial charge in [-0.3, -0.25) is 4.79 Å². The van der Waals surface area contributed by atoms with E-state index in [9.17, 15) is 4.79 Å². The van der Waals surface area contributed by atoms with E-state index in [-0.39, 0.29) is 24.4 Å². The van der Waals surface area contributed by atoms with Crippen LogP contribution in [0.3, 0.4) is 0 Å². The molecule has 2 aromatic carbocycles. The molecule has 0 bridgehead atoms. The molecule has 4 nitrogen and oxygen atoms in total. The molecule has 1 aliphatic heterocycles. The van der Waals surface area contributed by atoms with Crippen LogP contribution in [0.5, 0.6) is 5.75 Å². The van der Waals surface area contributed by atoms with Crippen LogP contribution in [0.4, 0.5) is 0 Å². The molecule has 1 atom stereocenters. The quantitative estimate of drug-likeness (QED) is 0.882. The fraction of sp³-hybridized carbons (Fsp3) is 0.316. The lowest BCUT2D eigenvalue weighted by atomic mass is 10.0. The Labute approximate surface area is 159 Å². The summed E-state index contributed by atoms with van der Waals surface area (Å²) in [6, 6.07) is 15.4. The number of carbonyl (C=O) groups excluding carboxylic acids is 1. The molecule has 0 aliphatic carbocycles. The van der Waals surface area contributed by atoms with E-state index in [0.717, 1.165) is 30.0 Å². The van der Waals surface area contributed by atoms with Crippen LogP contribution in [0, 0.1) is 0 Å². The lowest BCUT2D eigenvalue weighted by Gasteiger charge is -2.36. The van der Waals surface area contributed by atoms with Gasteiger partial charge in [0.2, 0.25) is 5.91 Å². The van der Waals surface area contributed by atoms with Gasteiger partial charge in [-0.1, -0.05) is 35.9 Å². The number of ether oxygens (including phenoxy) is 1. The molecule has 6 heteroatoms. The van der Waals surface area contributed by atoms with Gasteiger partial charge in [0.05, 0.1) is 19.6 Å². The van der Waals surface area contributed by atoms with Crippen LogP contribution < -0.4 is 10.1 Å². The van der Waals surface area contributed by atoms with Crippen molar-refractivity contribution in [1.29, 1.82) is 0 Å². The largest absolute Gasteiger partial charge is 0.497 e. The second-order valence-electron chi connectivity index (χ2n) is 5.89. The Balaban J connectivity index is 0.00000225. The number of hydrogen-bond donors (Lipinski definition) is 1. The topological polar surface area (TPSA) is 41.6 Å². The molecule has 0 spiro atoms. The van der Waals surface area contributed by atoms with E-state index in [4.69, 9.17) is 16.3 Å². The van der Waals surface area contributed by atoms with Gasteiger partial charge < -0.3 is 15.0 Å². The van der Waals surface area contributed by atoms with E-state index < -0.39 is 0 Å². The first-order chi connectivity index (χ1) is 11.7. The number of piperazine rings is 1. The maximum absolute atomic E-state index is 12.8. The highest BCUT2D eigenvalue weighted by Crippen LogP contribution is 2.25. The van der Waals surface area contributed by atoms with Crippen molar-refractivity contribution in [3.8, 4) is 5.75 Å². The minimum Gasteiger partial charge on any atom is -0.497 e. The Morgan fingerprint density at radius 3 is 2.72 bits per heavy atom. The minimum atomic E-state index is 0. The van der Waals surface area contributed by atoms with Crippen LogP contribution in [0.1, 0.15) is 17.2 Å². The van der Waals surface area contributed by atoms with Gasteiger partial charge in [-0.25, -0.2) is 0 Å². The fourth-order valence-electron chi connectivity index (χ4n) is 3.03. The number of amides is 1. The zero-order valence-corrected chi connectivity index (χ0v) is 15.6. The molecule has 1 saturated heterocycles. The Bertz CT molecular complexity index is 707. The predicted molar refractivity (Wildman–Crippen MR) is 103 cm³/mol. The SMILES string of the molecule is COc1ccc(CC(=O)N2CCNCC2c2cccc(Cl)c2)cc1.Cl. The van der Waals surface area contributed by atoms with Crippen molar-refractivity contribution in [3.63, 3.8) is 0 Å². The number of rotatable bonds is 4. The lowest BCUT2D eigenvalue weighted by molar-refractivity contribution is -0.133. The number of hydrogen-bond acceptors (Lipinski definition) is 3. The number of benzene rings is 2. The average Bonchev–Trinajstić information content (AvgIpc) is 2.62. The molecule has 1 N–H and O–H groups in total. The maximum Gasteiger partial charge on any atom is 0.227 e. The van der Waals surface area contributed by atoms with E-state index >= 15 is 0 Å². The predicted octanol–water partition coefficient (Wildman–Crippen LogP) is 3.49. The summed E-state index contributed by atoms with van der Waals surface area (Å²) in [7, 11) is 1.64. The summed E-state index contributed by atoms with van der Waals surface area (Å²) in [5.41, 5.74) is 2.06. The molecule has 1 aliphatic rings. The first-order valence-corrected chi connectivity index (χ1v) is 8.44. The van der Waals surface area contributed by atoms with Crippen molar-refractivity contribution in [3.05, 3.63) is 64.7 Å².